The summed E-state index contributed by atoms with van der Waals surface area (Å²) in [6.45, 7) is 2.08. The average molecular weight is 238 g/mol. The highest BCUT2D eigenvalue weighted by molar-refractivity contribution is 7.99. The second-order valence-corrected chi connectivity index (χ2v) is 5.04. The molecule has 0 radical (unpaired) electrons. The summed E-state index contributed by atoms with van der Waals surface area (Å²) in [7, 11) is 0. The molecule has 16 heavy (non-hydrogen) atoms. The molecular weight excluding hydrogens is 220 g/mol. The van der Waals surface area contributed by atoms with Crippen molar-refractivity contribution in [1.82, 2.24) is 0 Å². The minimum atomic E-state index is -1.04. The molecule has 0 heterocycles. The van der Waals surface area contributed by atoms with Crippen molar-refractivity contribution in [3.63, 3.8) is 0 Å². The number of primary amides is 1. The summed E-state index contributed by atoms with van der Waals surface area (Å²) < 4.78 is 0. The van der Waals surface area contributed by atoms with Gasteiger partial charge in [-0.3, -0.25) is 4.79 Å². The molecule has 1 rings (SSSR count). The fourth-order valence-corrected chi connectivity index (χ4v) is 2.28. The first kappa shape index (κ1) is 13.1. The van der Waals surface area contributed by atoms with Gasteiger partial charge in [-0.05, 0) is 23.5 Å². The average Bonchev–Trinajstić information content (AvgIpc) is 2.30. The first-order valence-electron chi connectivity index (χ1n) is 5.33. The Balaban J connectivity index is 2.85. The lowest BCUT2D eigenvalue weighted by atomic mass is 9.88. The summed E-state index contributed by atoms with van der Waals surface area (Å²) in [5.41, 5.74) is 11.3. The molecule has 1 aromatic carbocycles. The number of benzene rings is 1. The van der Waals surface area contributed by atoms with E-state index in [1.807, 2.05) is 30.3 Å². The van der Waals surface area contributed by atoms with Gasteiger partial charge >= 0.3 is 0 Å². The van der Waals surface area contributed by atoms with E-state index in [1.165, 1.54) is 0 Å². The van der Waals surface area contributed by atoms with Crippen LogP contribution in [0.1, 0.15) is 18.9 Å². The van der Waals surface area contributed by atoms with Gasteiger partial charge in [0.05, 0.1) is 0 Å². The Labute approximate surface area is 101 Å². The highest BCUT2D eigenvalue weighted by Crippen LogP contribution is 2.23. The first-order valence-corrected chi connectivity index (χ1v) is 6.48. The summed E-state index contributed by atoms with van der Waals surface area (Å²) in [6.07, 6.45) is 0.574. The number of rotatable bonds is 6. The molecule has 0 saturated carbocycles. The molecule has 1 aromatic rings. The van der Waals surface area contributed by atoms with Crippen LogP contribution >= 0.6 is 11.8 Å². The Morgan fingerprint density at radius 3 is 2.50 bits per heavy atom. The topological polar surface area (TPSA) is 69.1 Å². The van der Waals surface area contributed by atoms with Crippen LogP contribution in [0.2, 0.25) is 0 Å². The lowest BCUT2D eigenvalue weighted by Crippen LogP contribution is -2.49. The van der Waals surface area contributed by atoms with Crippen molar-refractivity contribution < 1.29 is 4.79 Å². The van der Waals surface area contributed by atoms with Crippen molar-refractivity contribution >= 4 is 17.7 Å². The number of hydrogen-bond donors (Lipinski definition) is 2. The second kappa shape index (κ2) is 5.92. The molecule has 0 aliphatic carbocycles. The van der Waals surface area contributed by atoms with E-state index in [9.17, 15) is 4.79 Å². The Morgan fingerprint density at radius 1 is 1.38 bits per heavy atom. The molecular formula is C12H18N2OS. The van der Waals surface area contributed by atoms with Gasteiger partial charge in [-0.15, -0.1) is 0 Å². The molecule has 88 valence electrons. The second-order valence-electron chi connectivity index (χ2n) is 3.65. The minimum Gasteiger partial charge on any atom is -0.368 e. The molecule has 0 aliphatic rings. The lowest BCUT2D eigenvalue weighted by molar-refractivity contribution is -0.123. The van der Waals surface area contributed by atoms with Crippen LogP contribution in [0.3, 0.4) is 0 Å². The molecule has 0 aromatic heterocycles. The maximum Gasteiger partial charge on any atom is 0.242 e. The fourth-order valence-electron chi connectivity index (χ4n) is 1.52. The van der Waals surface area contributed by atoms with E-state index in [2.05, 4.69) is 6.92 Å². The van der Waals surface area contributed by atoms with E-state index < -0.39 is 11.4 Å². The third-order valence-electron chi connectivity index (χ3n) is 2.57. The third kappa shape index (κ3) is 3.00. The molecule has 0 saturated heterocycles. The summed E-state index contributed by atoms with van der Waals surface area (Å²) >= 11 is 1.76. The molecule has 0 bridgehead atoms. The smallest absolute Gasteiger partial charge is 0.242 e. The lowest BCUT2D eigenvalue weighted by Gasteiger charge is -2.26. The molecule has 4 N–H and O–H groups in total. The van der Waals surface area contributed by atoms with Crippen molar-refractivity contribution in [1.29, 1.82) is 0 Å². The summed E-state index contributed by atoms with van der Waals surface area (Å²) in [5, 5.41) is 0. The molecule has 1 atom stereocenters. The highest BCUT2D eigenvalue weighted by Gasteiger charge is 2.33. The number of carbonyl (C=O) groups excluding carboxylic acids is 1. The number of thioether (sulfide) groups is 1. The Hall–Kier alpha value is -1.00. The zero-order valence-corrected chi connectivity index (χ0v) is 10.3. The van der Waals surface area contributed by atoms with Gasteiger partial charge in [-0.1, -0.05) is 37.3 Å². The first-order chi connectivity index (χ1) is 7.61. The van der Waals surface area contributed by atoms with E-state index in [4.69, 9.17) is 11.5 Å². The van der Waals surface area contributed by atoms with E-state index in [0.29, 0.717) is 6.42 Å². The van der Waals surface area contributed by atoms with Gasteiger partial charge in [0.15, 0.2) is 0 Å². The van der Waals surface area contributed by atoms with Crippen LogP contribution in [0.15, 0.2) is 30.3 Å². The van der Waals surface area contributed by atoms with Gasteiger partial charge in [-0.25, -0.2) is 0 Å². The predicted molar refractivity (Wildman–Crippen MR) is 69.1 cm³/mol. The zero-order valence-electron chi connectivity index (χ0n) is 9.48. The Morgan fingerprint density at radius 2 is 2.00 bits per heavy atom. The number of carbonyl (C=O) groups is 1. The van der Waals surface area contributed by atoms with Gasteiger partial charge in [-0.2, -0.15) is 11.8 Å². The molecule has 0 fully saturated rings. The zero-order chi connectivity index (χ0) is 12.0. The van der Waals surface area contributed by atoms with Crippen LogP contribution in [0.5, 0.6) is 0 Å². The molecule has 3 nitrogen and oxygen atoms in total. The van der Waals surface area contributed by atoms with Gasteiger partial charge in [0.1, 0.15) is 5.54 Å². The Bertz CT molecular complexity index is 342. The van der Waals surface area contributed by atoms with Crippen LogP contribution in [0.25, 0.3) is 0 Å². The van der Waals surface area contributed by atoms with Crippen LogP contribution in [-0.2, 0) is 10.3 Å². The number of amides is 1. The van der Waals surface area contributed by atoms with Gasteiger partial charge in [0, 0.05) is 0 Å². The van der Waals surface area contributed by atoms with Crippen LogP contribution in [0, 0.1) is 0 Å². The van der Waals surface area contributed by atoms with Crippen LogP contribution in [0.4, 0.5) is 0 Å². The van der Waals surface area contributed by atoms with Crippen LogP contribution in [-0.4, -0.2) is 17.4 Å². The summed E-state index contributed by atoms with van der Waals surface area (Å²) in [5.74, 6) is 1.39. The predicted octanol–water partition coefficient (Wildman–Crippen LogP) is 1.47. The molecule has 0 spiro atoms. The van der Waals surface area contributed by atoms with Crippen molar-refractivity contribution in [2.24, 2.45) is 11.5 Å². The van der Waals surface area contributed by atoms with Gasteiger partial charge < -0.3 is 11.5 Å². The fraction of sp³-hybridized carbons (Fsp3) is 0.417. The quantitative estimate of drug-likeness (QED) is 0.737. The summed E-state index contributed by atoms with van der Waals surface area (Å²) in [4.78, 5) is 11.5. The monoisotopic (exact) mass is 238 g/mol. The van der Waals surface area contributed by atoms with E-state index >= 15 is 0 Å². The van der Waals surface area contributed by atoms with Crippen LogP contribution < -0.4 is 11.5 Å². The van der Waals surface area contributed by atoms with Gasteiger partial charge in [0.25, 0.3) is 0 Å². The maximum atomic E-state index is 11.5. The molecule has 0 aliphatic heterocycles. The van der Waals surface area contributed by atoms with Gasteiger partial charge in [0.2, 0.25) is 5.91 Å². The third-order valence-corrected chi connectivity index (χ3v) is 3.47. The van der Waals surface area contributed by atoms with Crippen molar-refractivity contribution in [2.45, 2.75) is 18.9 Å². The Kier molecular flexibility index (Phi) is 4.83. The highest BCUT2D eigenvalue weighted by atomic mass is 32.2. The molecule has 1 unspecified atom stereocenters. The largest absolute Gasteiger partial charge is 0.368 e. The number of hydrogen-bond acceptors (Lipinski definition) is 3. The van der Waals surface area contributed by atoms with E-state index in [0.717, 1.165) is 17.1 Å². The standard InChI is InChI=1S/C12H18N2OS/c1-2-16-9-8-12(14,11(13)15)10-6-4-3-5-7-10/h3-7H,2,8-9,14H2,1H3,(H2,13,15). The summed E-state index contributed by atoms with van der Waals surface area (Å²) in [6, 6.07) is 9.33. The maximum absolute atomic E-state index is 11.5. The SMILES string of the molecule is CCSCCC(N)(C(N)=O)c1ccccc1. The number of nitrogens with two attached hydrogens (primary N) is 2. The van der Waals surface area contributed by atoms with E-state index in [-0.39, 0.29) is 0 Å². The van der Waals surface area contributed by atoms with Crippen molar-refractivity contribution in [2.75, 3.05) is 11.5 Å². The minimum absolute atomic E-state index is 0.463. The van der Waals surface area contributed by atoms with Crippen molar-refractivity contribution in [3.8, 4) is 0 Å². The van der Waals surface area contributed by atoms with Crippen molar-refractivity contribution in [3.05, 3.63) is 35.9 Å². The van der Waals surface area contributed by atoms with E-state index in [1.54, 1.807) is 11.8 Å². The molecule has 4 heteroatoms. The normalized spacial score (nSPS) is 14.4. The molecule has 1 amide bonds.